The molecule has 0 radical (unpaired) electrons. The first-order valence-corrected chi connectivity index (χ1v) is 7.13. The molecule has 0 saturated carbocycles. The number of hydrogen-bond donors (Lipinski definition) is 1. The lowest BCUT2D eigenvalue weighted by Crippen LogP contribution is -2.06. The standard InChI is InChI=1S/C17H18N4/c18-11-4-12-21-13-17(19-20-21)16-9-7-15(8-10-16)14-5-2-1-3-6-14/h1-3,5-10,13H,4,11-12,18H2. The first-order chi connectivity index (χ1) is 10.4. The van der Waals surface area contributed by atoms with Crippen molar-refractivity contribution in [2.75, 3.05) is 6.54 Å². The van der Waals surface area contributed by atoms with Crippen LogP contribution in [-0.2, 0) is 6.54 Å². The highest BCUT2D eigenvalue weighted by atomic mass is 15.4. The normalized spacial score (nSPS) is 10.7. The largest absolute Gasteiger partial charge is 0.330 e. The molecule has 0 amide bonds. The molecule has 0 bridgehead atoms. The summed E-state index contributed by atoms with van der Waals surface area (Å²) >= 11 is 0. The first-order valence-electron chi connectivity index (χ1n) is 7.13. The third kappa shape index (κ3) is 3.17. The molecule has 1 aromatic heterocycles. The van der Waals surface area contributed by atoms with Crippen LogP contribution >= 0.6 is 0 Å². The van der Waals surface area contributed by atoms with Crippen LogP contribution in [0, 0.1) is 0 Å². The molecule has 0 spiro atoms. The predicted octanol–water partition coefficient (Wildman–Crippen LogP) is 2.96. The zero-order chi connectivity index (χ0) is 14.5. The van der Waals surface area contributed by atoms with E-state index in [4.69, 9.17) is 5.73 Å². The van der Waals surface area contributed by atoms with Crippen LogP contribution in [0.3, 0.4) is 0 Å². The molecule has 0 unspecified atom stereocenters. The maximum Gasteiger partial charge on any atom is 0.113 e. The fourth-order valence-electron chi connectivity index (χ4n) is 2.26. The molecule has 21 heavy (non-hydrogen) atoms. The van der Waals surface area contributed by atoms with E-state index in [9.17, 15) is 0 Å². The van der Waals surface area contributed by atoms with Gasteiger partial charge in [-0.05, 0) is 24.1 Å². The lowest BCUT2D eigenvalue weighted by molar-refractivity contribution is 0.564. The Kier molecular flexibility index (Phi) is 4.07. The van der Waals surface area contributed by atoms with Crippen molar-refractivity contribution in [3.05, 3.63) is 60.8 Å². The highest BCUT2D eigenvalue weighted by molar-refractivity contribution is 5.68. The number of nitrogens with two attached hydrogens (primary N) is 1. The van der Waals surface area contributed by atoms with Crippen molar-refractivity contribution in [2.24, 2.45) is 5.73 Å². The summed E-state index contributed by atoms with van der Waals surface area (Å²) in [5.41, 5.74) is 9.90. The van der Waals surface area contributed by atoms with E-state index in [0.29, 0.717) is 6.54 Å². The number of rotatable bonds is 5. The molecule has 4 heteroatoms. The van der Waals surface area contributed by atoms with E-state index in [-0.39, 0.29) is 0 Å². The van der Waals surface area contributed by atoms with Gasteiger partial charge in [0.25, 0.3) is 0 Å². The summed E-state index contributed by atoms with van der Waals surface area (Å²) in [6.07, 6.45) is 2.88. The Bertz CT molecular complexity index is 686. The van der Waals surface area contributed by atoms with Crippen molar-refractivity contribution >= 4 is 0 Å². The van der Waals surface area contributed by atoms with Crippen LogP contribution in [0.25, 0.3) is 22.4 Å². The van der Waals surface area contributed by atoms with Crippen molar-refractivity contribution in [1.82, 2.24) is 15.0 Å². The molecule has 3 aromatic rings. The van der Waals surface area contributed by atoms with E-state index in [1.165, 1.54) is 11.1 Å². The zero-order valence-corrected chi connectivity index (χ0v) is 11.8. The Hall–Kier alpha value is -2.46. The zero-order valence-electron chi connectivity index (χ0n) is 11.8. The van der Waals surface area contributed by atoms with Crippen LogP contribution in [0.1, 0.15) is 6.42 Å². The molecule has 0 atom stereocenters. The third-order valence-corrected chi connectivity index (χ3v) is 3.42. The van der Waals surface area contributed by atoms with Gasteiger partial charge >= 0.3 is 0 Å². The minimum absolute atomic E-state index is 0.668. The molecule has 3 rings (SSSR count). The van der Waals surface area contributed by atoms with Gasteiger partial charge in [0.2, 0.25) is 0 Å². The van der Waals surface area contributed by atoms with Gasteiger partial charge in [-0.25, -0.2) is 0 Å². The minimum atomic E-state index is 0.668. The van der Waals surface area contributed by atoms with Gasteiger partial charge in [0, 0.05) is 12.1 Å². The Morgan fingerprint density at radius 1 is 0.857 bits per heavy atom. The summed E-state index contributed by atoms with van der Waals surface area (Å²) in [4.78, 5) is 0. The van der Waals surface area contributed by atoms with E-state index < -0.39 is 0 Å². The van der Waals surface area contributed by atoms with E-state index in [0.717, 1.165) is 24.2 Å². The molecule has 2 aromatic carbocycles. The molecule has 0 aliphatic heterocycles. The third-order valence-electron chi connectivity index (χ3n) is 3.42. The Morgan fingerprint density at radius 3 is 2.24 bits per heavy atom. The Labute approximate surface area is 124 Å². The van der Waals surface area contributed by atoms with E-state index in [1.807, 2.05) is 29.1 Å². The molecule has 4 nitrogen and oxygen atoms in total. The van der Waals surface area contributed by atoms with Crippen LogP contribution in [0.5, 0.6) is 0 Å². The maximum absolute atomic E-state index is 5.50. The van der Waals surface area contributed by atoms with Gasteiger partial charge in [-0.15, -0.1) is 5.10 Å². The molecule has 0 aliphatic rings. The SMILES string of the molecule is NCCCn1cc(-c2ccc(-c3ccccc3)cc2)nn1. The number of hydrogen-bond acceptors (Lipinski definition) is 3. The molecular formula is C17H18N4. The summed E-state index contributed by atoms with van der Waals surface area (Å²) in [5, 5.41) is 8.34. The average Bonchev–Trinajstić information content (AvgIpc) is 3.03. The average molecular weight is 278 g/mol. The quantitative estimate of drug-likeness (QED) is 0.780. The lowest BCUT2D eigenvalue weighted by atomic mass is 10.0. The molecule has 0 aliphatic carbocycles. The van der Waals surface area contributed by atoms with Crippen molar-refractivity contribution in [1.29, 1.82) is 0 Å². The number of nitrogens with zero attached hydrogens (tertiary/aromatic N) is 3. The molecule has 2 N–H and O–H groups in total. The fraction of sp³-hybridized carbons (Fsp3) is 0.176. The molecule has 106 valence electrons. The maximum atomic E-state index is 5.50. The summed E-state index contributed by atoms with van der Waals surface area (Å²) in [7, 11) is 0. The van der Waals surface area contributed by atoms with Gasteiger partial charge in [0.15, 0.2) is 0 Å². The van der Waals surface area contributed by atoms with E-state index >= 15 is 0 Å². The summed E-state index contributed by atoms with van der Waals surface area (Å²) in [6.45, 7) is 1.48. The van der Waals surface area contributed by atoms with Crippen LogP contribution in [0.2, 0.25) is 0 Å². The van der Waals surface area contributed by atoms with Crippen molar-refractivity contribution in [3.63, 3.8) is 0 Å². The number of aryl methyl sites for hydroxylation is 1. The van der Waals surface area contributed by atoms with Crippen molar-refractivity contribution in [3.8, 4) is 22.4 Å². The van der Waals surface area contributed by atoms with Gasteiger partial charge in [-0.3, -0.25) is 4.68 Å². The minimum Gasteiger partial charge on any atom is -0.330 e. The molecule has 0 fully saturated rings. The summed E-state index contributed by atoms with van der Waals surface area (Å²) in [5.74, 6) is 0. The topological polar surface area (TPSA) is 56.7 Å². The van der Waals surface area contributed by atoms with Crippen LogP contribution in [0.4, 0.5) is 0 Å². The van der Waals surface area contributed by atoms with Gasteiger partial charge < -0.3 is 5.73 Å². The van der Waals surface area contributed by atoms with Crippen LogP contribution in [0.15, 0.2) is 60.8 Å². The van der Waals surface area contributed by atoms with Gasteiger partial charge in [-0.1, -0.05) is 59.8 Å². The predicted molar refractivity (Wildman–Crippen MR) is 84.6 cm³/mol. The molecular weight excluding hydrogens is 260 g/mol. The second-order valence-electron chi connectivity index (χ2n) is 4.95. The van der Waals surface area contributed by atoms with Crippen LogP contribution < -0.4 is 5.73 Å². The number of benzene rings is 2. The van der Waals surface area contributed by atoms with Gasteiger partial charge in [-0.2, -0.15) is 0 Å². The smallest absolute Gasteiger partial charge is 0.113 e. The first kappa shape index (κ1) is 13.5. The second-order valence-corrected chi connectivity index (χ2v) is 4.95. The second kappa shape index (κ2) is 6.33. The van der Waals surface area contributed by atoms with E-state index in [1.54, 1.807) is 0 Å². The number of aromatic nitrogens is 3. The Balaban J connectivity index is 1.79. The molecule has 1 heterocycles. The summed E-state index contributed by atoms with van der Waals surface area (Å²) < 4.78 is 1.84. The van der Waals surface area contributed by atoms with Crippen molar-refractivity contribution < 1.29 is 0 Å². The van der Waals surface area contributed by atoms with Crippen molar-refractivity contribution in [2.45, 2.75) is 13.0 Å². The monoisotopic (exact) mass is 278 g/mol. The highest BCUT2D eigenvalue weighted by Gasteiger charge is 2.04. The van der Waals surface area contributed by atoms with Gasteiger partial charge in [0.1, 0.15) is 5.69 Å². The lowest BCUT2D eigenvalue weighted by Gasteiger charge is -2.02. The molecule has 0 saturated heterocycles. The highest BCUT2D eigenvalue weighted by Crippen LogP contribution is 2.23. The van der Waals surface area contributed by atoms with Gasteiger partial charge in [0.05, 0.1) is 6.20 Å². The van der Waals surface area contributed by atoms with Crippen LogP contribution in [-0.4, -0.2) is 21.5 Å². The fourth-order valence-corrected chi connectivity index (χ4v) is 2.26. The Morgan fingerprint density at radius 2 is 1.52 bits per heavy atom. The van der Waals surface area contributed by atoms with E-state index in [2.05, 4.69) is 46.7 Å². The summed E-state index contributed by atoms with van der Waals surface area (Å²) in [6, 6.07) is 18.7.